The lowest BCUT2D eigenvalue weighted by atomic mass is 10.2. The van der Waals surface area contributed by atoms with Gasteiger partial charge in [-0.25, -0.2) is 4.79 Å². The molecule has 2 rings (SSSR count). The molecule has 0 N–H and O–H groups in total. The Hall–Kier alpha value is -1.40. The van der Waals surface area contributed by atoms with E-state index in [-0.39, 0.29) is 6.04 Å². The summed E-state index contributed by atoms with van der Waals surface area (Å²) in [5, 5.41) is 9.59. The molecule has 0 fully saturated rings. The van der Waals surface area contributed by atoms with Crippen LogP contribution in [-0.2, 0) is 4.74 Å². The molecule has 2 aromatic rings. The maximum absolute atomic E-state index is 12.5. The van der Waals surface area contributed by atoms with Crippen molar-refractivity contribution in [3.8, 4) is 0 Å². The van der Waals surface area contributed by atoms with Crippen molar-refractivity contribution in [3.05, 3.63) is 27.7 Å². The van der Waals surface area contributed by atoms with Crippen LogP contribution in [0.2, 0.25) is 5.02 Å². The van der Waals surface area contributed by atoms with Crippen LogP contribution < -0.4 is 4.90 Å². The predicted octanol–water partition coefficient (Wildman–Crippen LogP) is 5.20. The summed E-state index contributed by atoms with van der Waals surface area (Å²) in [5.74, 6) is 0.427. The van der Waals surface area contributed by atoms with Crippen molar-refractivity contribution < 1.29 is 9.53 Å². The fourth-order valence-corrected chi connectivity index (χ4v) is 2.94. The SMILES string of the molecule is CC(C)N(C(=O)OC(C)(C)C)c1cc2cc(Br)cc(Cl)c2nn1. The molecule has 0 aliphatic carbocycles. The second-order valence-electron chi connectivity index (χ2n) is 6.47. The van der Waals surface area contributed by atoms with Gasteiger partial charge in [0, 0.05) is 15.9 Å². The van der Waals surface area contributed by atoms with Crippen molar-refractivity contribution in [2.45, 2.75) is 46.3 Å². The molecular formula is C16H19BrClN3O2. The molecule has 1 heterocycles. The molecule has 23 heavy (non-hydrogen) atoms. The highest BCUT2D eigenvalue weighted by Gasteiger charge is 2.27. The van der Waals surface area contributed by atoms with Gasteiger partial charge in [0.1, 0.15) is 11.1 Å². The first-order valence-corrected chi connectivity index (χ1v) is 8.40. The molecular weight excluding hydrogens is 382 g/mol. The summed E-state index contributed by atoms with van der Waals surface area (Å²) >= 11 is 9.57. The Kier molecular flexibility index (Phi) is 5.16. The number of carbonyl (C=O) groups is 1. The first-order chi connectivity index (χ1) is 10.6. The maximum Gasteiger partial charge on any atom is 0.416 e. The summed E-state index contributed by atoms with van der Waals surface area (Å²) in [4.78, 5) is 13.9. The van der Waals surface area contributed by atoms with Crippen LogP contribution in [0.25, 0.3) is 10.9 Å². The predicted molar refractivity (Wildman–Crippen MR) is 96.1 cm³/mol. The first kappa shape index (κ1) is 17.9. The van der Waals surface area contributed by atoms with E-state index in [1.807, 2.05) is 40.7 Å². The normalized spacial score (nSPS) is 11.8. The summed E-state index contributed by atoms with van der Waals surface area (Å²) < 4.78 is 6.29. The Balaban J connectivity index is 2.48. The third kappa shape index (κ3) is 4.32. The molecule has 1 aromatic carbocycles. The van der Waals surface area contributed by atoms with Crippen LogP contribution in [0.4, 0.5) is 10.6 Å². The maximum atomic E-state index is 12.5. The minimum atomic E-state index is -0.583. The number of amides is 1. The van der Waals surface area contributed by atoms with Crippen molar-refractivity contribution in [1.29, 1.82) is 0 Å². The smallest absolute Gasteiger partial charge is 0.416 e. The molecule has 1 amide bonds. The zero-order valence-electron chi connectivity index (χ0n) is 13.7. The Morgan fingerprint density at radius 1 is 1.26 bits per heavy atom. The standard InChI is InChI=1S/C16H19BrClN3O2/c1-9(2)21(15(22)23-16(3,4)5)13-7-10-6-11(17)8-12(18)14(10)20-19-13/h6-9H,1-5H3. The van der Waals surface area contributed by atoms with Crippen LogP contribution >= 0.6 is 27.5 Å². The van der Waals surface area contributed by atoms with Crippen LogP contribution in [0, 0.1) is 0 Å². The molecule has 124 valence electrons. The van der Waals surface area contributed by atoms with E-state index >= 15 is 0 Å². The Bertz CT molecular complexity index is 744. The number of carbonyl (C=O) groups excluding carboxylic acids is 1. The largest absolute Gasteiger partial charge is 0.443 e. The molecule has 0 bridgehead atoms. The molecule has 0 aliphatic rings. The lowest BCUT2D eigenvalue weighted by Crippen LogP contribution is -2.41. The van der Waals surface area contributed by atoms with Gasteiger partial charge in [0.25, 0.3) is 0 Å². The summed E-state index contributed by atoms with van der Waals surface area (Å²) in [7, 11) is 0. The number of benzene rings is 1. The number of rotatable bonds is 2. The molecule has 0 radical (unpaired) electrons. The van der Waals surface area contributed by atoms with E-state index < -0.39 is 11.7 Å². The number of ether oxygens (including phenoxy) is 1. The van der Waals surface area contributed by atoms with Gasteiger partial charge < -0.3 is 4.74 Å². The van der Waals surface area contributed by atoms with Crippen molar-refractivity contribution in [3.63, 3.8) is 0 Å². The van der Waals surface area contributed by atoms with Crippen molar-refractivity contribution >= 4 is 50.3 Å². The minimum Gasteiger partial charge on any atom is -0.443 e. The van der Waals surface area contributed by atoms with E-state index in [9.17, 15) is 4.79 Å². The highest BCUT2D eigenvalue weighted by Crippen LogP contribution is 2.29. The van der Waals surface area contributed by atoms with Crippen LogP contribution in [0.15, 0.2) is 22.7 Å². The van der Waals surface area contributed by atoms with Gasteiger partial charge >= 0.3 is 6.09 Å². The number of fused-ring (bicyclic) bond motifs is 1. The molecule has 0 unspecified atom stereocenters. The topological polar surface area (TPSA) is 55.3 Å². The molecule has 0 saturated carbocycles. The zero-order valence-corrected chi connectivity index (χ0v) is 16.1. The molecule has 7 heteroatoms. The summed E-state index contributed by atoms with van der Waals surface area (Å²) in [6, 6.07) is 5.29. The van der Waals surface area contributed by atoms with E-state index in [2.05, 4.69) is 26.1 Å². The van der Waals surface area contributed by atoms with E-state index in [1.165, 1.54) is 4.90 Å². The van der Waals surface area contributed by atoms with E-state index in [4.69, 9.17) is 16.3 Å². The first-order valence-electron chi connectivity index (χ1n) is 7.23. The lowest BCUT2D eigenvalue weighted by molar-refractivity contribution is 0.0569. The molecule has 1 aromatic heterocycles. The quantitative estimate of drug-likeness (QED) is 0.695. The zero-order chi connectivity index (χ0) is 17.4. The van der Waals surface area contributed by atoms with E-state index in [0.29, 0.717) is 16.4 Å². The van der Waals surface area contributed by atoms with E-state index in [0.717, 1.165) is 9.86 Å². The van der Waals surface area contributed by atoms with Gasteiger partial charge in [0.05, 0.1) is 5.02 Å². The second-order valence-corrected chi connectivity index (χ2v) is 7.79. The van der Waals surface area contributed by atoms with Gasteiger partial charge in [-0.1, -0.05) is 27.5 Å². The summed E-state index contributed by atoms with van der Waals surface area (Å²) in [6.45, 7) is 9.26. The monoisotopic (exact) mass is 399 g/mol. The van der Waals surface area contributed by atoms with Gasteiger partial charge in [0.2, 0.25) is 0 Å². The van der Waals surface area contributed by atoms with Gasteiger partial charge in [-0.2, -0.15) is 0 Å². The molecule has 0 spiro atoms. The molecule has 0 atom stereocenters. The van der Waals surface area contributed by atoms with Gasteiger partial charge in [0.15, 0.2) is 5.82 Å². The number of aromatic nitrogens is 2. The average molecular weight is 401 g/mol. The molecule has 0 aliphatic heterocycles. The van der Waals surface area contributed by atoms with Gasteiger partial charge in [-0.05, 0) is 52.8 Å². The second kappa shape index (κ2) is 6.61. The number of hydrogen-bond donors (Lipinski definition) is 0. The fraction of sp³-hybridized carbons (Fsp3) is 0.438. The van der Waals surface area contributed by atoms with Gasteiger partial charge in [-0.3, -0.25) is 4.90 Å². The highest BCUT2D eigenvalue weighted by atomic mass is 79.9. The van der Waals surface area contributed by atoms with Crippen LogP contribution in [-0.4, -0.2) is 27.9 Å². The van der Waals surface area contributed by atoms with Gasteiger partial charge in [-0.15, -0.1) is 10.2 Å². The minimum absolute atomic E-state index is 0.126. The lowest BCUT2D eigenvalue weighted by Gasteiger charge is -2.29. The number of halogens is 2. The van der Waals surface area contributed by atoms with Crippen LogP contribution in [0.5, 0.6) is 0 Å². The number of anilines is 1. The number of nitrogens with zero attached hydrogens (tertiary/aromatic N) is 3. The van der Waals surface area contributed by atoms with E-state index in [1.54, 1.807) is 12.1 Å². The summed E-state index contributed by atoms with van der Waals surface area (Å²) in [5.41, 5.74) is 0.00686. The molecule has 5 nitrogen and oxygen atoms in total. The summed E-state index contributed by atoms with van der Waals surface area (Å²) in [6.07, 6.45) is -0.456. The Morgan fingerprint density at radius 2 is 1.91 bits per heavy atom. The fourth-order valence-electron chi connectivity index (χ4n) is 2.07. The third-order valence-corrected chi connectivity index (χ3v) is 3.69. The average Bonchev–Trinajstić information content (AvgIpc) is 2.35. The number of hydrogen-bond acceptors (Lipinski definition) is 4. The van der Waals surface area contributed by atoms with Crippen LogP contribution in [0.1, 0.15) is 34.6 Å². The van der Waals surface area contributed by atoms with Crippen LogP contribution in [0.3, 0.4) is 0 Å². The Labute approximate surface area is 149 Å². The van der Waals surface area contributed by atoms with Crippen molar-refractivity contribution in [2.75, 3.05) is 4.90 Å². The van der Waals surface area contributed by atoms with Crippen molar-refractivity contribution in [1.82, 2.24) is 10.2 Å². The molecule has 0 saturated heterocycles. The third-order valence-electron chi connectivity index (χ3n) is 2.95. The van der Waals surface area contributed by atoms with Crippen molar-refractivity contribution in [2.24, 2.45) is 0 Å². The highest BCUT2D eigenvalue weighted by molar-refractivity contribution is 9.10. The Morgan fingerprint density at radius 3 is 2.48 bits per heavy atom.